The van der Waals surface area contributed by atoms with Crippen LogP contribution in [0.25, 0.3) is 0 Å². The number of ether oxygens (including phenoxy) is 2. The van der Waals surface area contributed by atoms with Gasteiger partial charge in [0, 0.05) is 75.1 Å². The number of amides is 4. The van der Waals surface area contributed by atoms with Gasteiger partial charge in [0.2, 0.25) is 17.7 Å². The summed E-state index contributed by atoms with van der Waals surface area (Å²) in [6, 6.07) is 10.1. The number of aldehydes is 2. The maximum Gasteiger partial charge on any atom is 0.332 e. The quantitative estimate of drug-likeness (QED) is 0.0146. The van der Waals surface area contributed by atoms with E-state index < -0.39 is 27.1 Å². The number of allylic oxidation sites excluding steroid dienone is 8. The molecule has 6 aliphatic rings. The smallest absolute Gasteiger partial charge is 0.332 e. The highest BCUT2D eigenvalue weighted by Crippen LogP contribution is 2.68. The van der Waals surface area contributed by atoms with E-state index in [1.807, 2.05) is 46.0 Å². The number of rotatable bonds is 36. The lowest BCUT2D eigenvalue weighted by Gasteiger charge is -2.63. The Morgan fingerprint density at radius 3 is 1.60 bits per heavy atom. The normalized spacial score (nSPS) is 20.8. The van der Waals surface area contributed by atoms with E-state index in [0.717, 1.165) is 114 Å². The molecule has 2 bridgehead atoms. The van der Waals surface area contributed by atoms with Gasteiger partial charge in [-0.3, -0.25) is 19.2 Å². The molecule has 0 spiro atoms. The second kappa shape index (κ2) is 47.0. The van der Waals surface area contributed by atoms with Gasteiger partial charge < -0.3 is 73.9 Å². The van der Waals surface area contributed by atoms with Gasteiger partial charge in [-0.25, -0.2) is 0 Å². The molecule has 4 amide bonds. The predicted molar refractivity (Wildman–Crippen MR) is 367 cm³/mol. The number of anilines is 1. The fraction of sp³-hybridized carbons (Fsp3) is 0.629. The fourth-order valence-corrected chi connectivity index (χ4v) is 12.9. The summed E-state index contributed by atoms with van der Waals surface area (Å²) in [5.41, 5.74) is 41.6. The van der Waals surface area contributed by atoms with E-state index >= 15 is 0 Å². The number of hydrogen-bond donors (Lipinski definition) is 7. The van der Waals surface area contributed by atoms with Gasteiger partial charge in [0.25, 0.3) is 5.91 Å². The summed E-state index contributed by atoms with van der Waals surface area (Å²) in [5.74, 6) is 1.39. The van der Waals surface area contributed by atoms with Gasteiger partial charge in [-0.15, -0.1) is 3.89 Å². The van der Waals surface area contributed by atoms with Crippen LogP contribution in [0.2, 0.25) is 0 Å². The van der Waals surface area contributed by atoms with Crippen LogP contribution in [0.15, 0.2) is 96.0 Å². The number of carbonyl (C=O) groups is 6. The van der Waals surface area contributed by atoms with E-state index in [0.29, 0.717) is 94.5 Å². The molecule has 0 radical (unpaired) electrons. The van der Waals surface area contributed by atoms with Crippen molar-refractivity contribution in [3.63, 3.8) is 0 Å². The summed E-state index contributed by atoms with van der Waals surface area (Å²) in [4.78, 5) is 71.7. The average molecular weight is 1310 g/mol. The first-order valence-corrected chi connectivity index (χ1v) is 34.9. The minimum atomic E-state index is -4.79. The van der Waals surface area contributed by atoms with Gasteiger partial charge in [0.1, 0.15) is 12.6 Å². The van der Waals surface area contributed by atoms with Gasteiger partial charge in [0.15, 0.2) is 0 Å². The second-order valence-corrected chi connectivity index (χ2v) is 25.5. The lowest BCUT2D eigenvalue weighted by molar-refractivity contribution is -0.131. The molecule has 8 rings (SSSR count). The largest absolute Gasteiger partial charge is 0.399 e. The first kappa shape index (κ1) is 82.1. The molecule has 5 aliphatic carbocycles. The molecular weight excluding hydrogens is 1190 g/mol. The number of halogens is 1. The Labute approximate surface area is 550 Å². The Balaban J connectivity index is 0.000000446. The molecule has 0 aromatic heterocycles. The summed E-state index contributed by atoms with van der Waals surface area (Å²) in [6.45, 7) is 10.4. The summed E-state index contributed by atoms with van der Waals surface area (Å²) < 4.78 is 45.4. The van der Waals surface area contributed by atoms with Crippen molar-refractivity contribution >= 4 is 52.1 Å². The van der Waals surface area contributed by atoms with Crippen LogP contribution < -0.4 is 40.1 Å². The zero-order chi connectivity index (χ0) is 68.3. The molecule has 1 saturated carbocycles. The molecule has 14 N–H and O–H groups in total. The van der Waals surface area contributed by atoms with Gasteiger partial charge in [-0.05, 0) is 162 Å². The Hall–Kier alpha value is -5.98. The molecular formula is C70H115FN10O10S. The van der Waals surface area contributed by atoms with Gasteiger partial charge >= 0.3 is 10.2 Å². The van der Waals surface area contributed by atoms with Crippen molar-refractivity contribution < 1.29 is 50.5 Å². The standard InChI is InChI=1S/C32H43N3O3.C12H13FN2O4S.2C8H18N2O.C8H17NO.C2H6/c1-34(2)16-18-37-20-21-38-19-17-35(3)30(36)14-15-32-27-10-6-4-8-24(27)31(25-9-5-7-11-28(25)32)26-13-12-23(33)22-29(26)32;13-20(18,19)11-3-1-8(2-4-11)12(17)15-6-9(14)5-10(15)7-16;2*9-7-5-3-1-2-4-6-8(10)11;9-7-5-3-1-2-4-6-8-10;1-2/h4-13,22,24-25,27-28,31H,14-21,33H2,1-3H3;1-4,7,9-10H,5-6,14H2;2*1-7,9H2,(H2,10,11);8H,1-7,9H2;1-2H3. The number of hydrogen-bond acceptors (Lipinski definition) is 16. The SMILES string of the molecule is CC.CN(C)CCOCCOCCN(C)C(=O)CCC12c3cc(N)ccc3C(C3C=CC=CC31)C1C=CC=CC12.NC1CC(C=O)N(C(=O)c2ccc(S(=O)(=O)F)cc2)C1.NCCCCCCCC(N)=O.NCCCCCCCC(N)=O.NCCCCCCCC=O. The number of nitrogen functional groups attached to an aromatic ring is 1. The highest BCUT2D eigenvalue weighted by molar-refractivity contribution is 7.86. The molecule has 1 saturated heterocycles. The number of likely N-dealkylation sites (N-methyl/N-ethyl adjacent to an activating group) is 2. The van der Waals surface area contributed by atoms with Crippen molar-refractivity contribution in [2.45, 2.75) is 177 Å². The lowest BCUT2D eigenvalue weighted by atomic mass is 9.39. The third-order valence-electron chi connectivity index (χ3n) is 17.1. The van der Waals surface area contributed by atoms with Crippen molar-refractivity contribution in [3.8, 4) is 0 Å². The molecule has 2 fully saturated rings. The Kier molecular flexibility index (Phi) is 41.9. The second-order valence-electron chi connectivity index (χ2n) is 24.2. The van der Waals surface area contributed by atoms with Gasteiger partial charge in [0.05, 0.1) is 37.4 Å². The number of carbonyl (C=O) groups excluding carboxylic acids is 6. The van der Waals surface area contributed by atoms with E-state index in [4.69, 9.17) is 49.6 Å². The lowest BCUT2D eigenvalue weighted by Crippen LogP contribution is -2.59. The first-order valence-electron chi connectivity index (χ1n) is 33.5. The monoisotopic (exact) mass is 1310 g/mol. The van der Waals surface area contributed by atoms with E-state index in [2.05, 4.69) is 65.6 Å². The Morgan fingerprint density at radius 1 is 0.652 bits per heavy atom. The van der Waals surface area contributed by atoms with Crippen molar-refractivity contribution in [2.24, 2.45) is 58.1 Å². The summed E-state index contributed by atoms with van der Waals surface area (Å²) in [6.07, 6.45) is 40.3. The van der Waals surface area contributed by atoms with Crippen LogP contribution in [-0.2, 0) is 49.1 Å². The van der Waals surface area contributed by atoms with Crippen molar-refractivity contribution in [1.29, 1.82) is 0 Å². The minimum absolute atomic E-state index is 0.159. The molecule has 22 heteroatoms. The first-order chi connectivity index (χ1) is 44.2. The van der Waals surface area contributed by atoms with Crippen molar-refractivity contribution in [1.82, 2.24) is 14.7 Å². The van der Waals surface area contributed by atoms with Gasteiger partial charge in [-0.1, -0.05) is 126 Å². The Morgan fingerprint density at radius 2 is 1.13 bits per heavy atom. The molecule has 6 unspecified atom stereocenters. The number of unbranched alkanes of at least 4 members (excludes halogenated alkanes) is 13. The summed E-state index contributed by atoms with van der Waals surface area (Å²) >= 11 is 0. The van der Waals surface area contributed by atoms with E-state index in [-0.39, 0.29) is 41.3 Å². The van der Waals surface area contributed by atoms with Crippen LogP contribution in [0.4, 0.5) is 9.57 Å². The minimum Gasteiger partial charge on any atom is -0.399 e. The van der Waals surface area contributed by atoms with Gasteiger partial charge in [-0.2, -0.15) is 8.42 Å². The number of nitrogens with zero attached hydrogens (tertiary/aromatic N) is 3. The Bertz CT molecular complexity index is 2630. The molecule has 2 aromatic rings. The number of primary amides is 2. The number of likely N-dealkylation sites (tertiary alicyclic amines) is 1. The maximum absolute atomic E-state index is 13.4. The van der Waals surface area contributed by atoms with Crippen LogP contribution in [0.3, 0.4) is 0 Å². The molecule has 1 heterocycles. The molecule has 20 nitrogen and oxygen atoms in total. The summed E-state index contributed by atoms with van der Waals surface area (Å²) in [5, 5.41) is 0. The third kappa shape index (κ3) is 29.1. The number of nitrogens with two attached hydrogens (primary N) is 7. The predicted octanol–water partition coefficient (Wildman–Crippen LogP) is 8.31. The van der Waals surface area contributed by atoms with Crippen LogP contribution >= 0.6 is 0 Å². The molecule has 518 valence electrons. The molecule has 1 aliphatic heterocycles. The summed E-state index contributed by atoms with van der Waals surface area (Å²) in [7, 11) is 1.16. The molecule has 92 heavy (non-hydrogen) atoms. The zero-order valence-corrected chi connectivity index (χ0v) is 56.8. The number of benzene rings is 2. The maximum atomic E-state index is 13.4. The van der Waals surface area contributed by atoms with Crippen LogP contribution in [-0.4, -0.2) is 158 Å². The van der Waals surface area contributed by atoms with Crippen LogP contribution in [0, 0.1) is 23.7 Å². The average Bonchev–Trinajstić information content (AvgIpc) is 0.734. The van der Waals surface area contributed by atoms with E-state index in [1.54, 1.807) is 0 Å². The van der Waals surface area contributed by atoms with E-state index in [1.165, 1.54) is 73.1 Å². The fourth-order valence-electron chi connectivity index (χ4n) is 12.4. The molecule has 6 atom stereocenters. The van der Waals surface area contributed by atoms with Crippen LogP contribution in [0.1, 0.15) is 176 Å². The van der Waals surface area contributed by atoms with Crippen molar-refractivity contribution in [2.75, 3.05) is 92.6 Å². The molecule has 2 aromatic carbocycles. The van der Waals surface area contributed by atoms with Crippen molar-refractivity contribution in [3.05, 3.63) is 108 Å². The topological polar surface area (TPSA) is 347 Å². The third-order valence-corrected chi connectivity index (χ3v) is 17.9. The highest BCUT2D eigenvalue weighted by atomic mass is 32.3. The highest BCUT2D eigenvalue weighted by Gasteiger charge is 2.62. The van der Waals surface area contributed by atoms with Crippen LogP contribution in [0.5, 0.6) is 0 Å². The zero-order valence-electron chi connectivity index (χ0n) is 56.0. The van der Waals surface area contributed by atoms with E-state index in [9.17, 15) is 41.1 Å².